The molecule has 0 aromatic carbocycles. The van der Waals surface area contributed by atoms with Crippen LogP contribution in [0.4, 0.5) is 0 Å². The molecule has 1 saturated carbocycles. The molecular formula is C22H31BrO5S. The molecule has 0 bridgehead atoms. The molecule has 0 amide bonds. The largest absolute Gasteiger partial charge is 0.481 e. The summed E-state index contributed by atoms with van der Waals surface area (Å²) in [4.78, 5) is 11.7. The molecule has 0 saturated heterocycles. The molecule has 5 atom stereocenters. The van der Waals surface area contributed by atoms with Crippen LogP contribution >= 0.6 is 27.3 Å². The van der Waals surface area contributed by atoms with E-state index >= 15 is 0 Å². The first-order valence-corrected chi connectivity index (χ1v) is 11.7. The Morgan fingerprint density at radius 3 is 2.76 bits per heavy atom. The summed E-state index contributed by atoms with van der Waals surface area (Å²) in [6.45, 7) is 2.05. The number of thiophene rings is 1. The monoisotopic (exact) mass is 486 g/mol. The molecule has 162 valence electrons. The van der Waals surface area contributed by atoms with E-state index in [2.05, 4.69) is 22.0 Å². The van der Waals surface area contributed by atoms with Crippen molar-refractivity contribution >= 4 is 33.2 Å². The lowest BCUT2D eigenvalue weighted by molar-refractivity contribution is -0.137. The molecule has 1 aromatic rings. The van der Waals surface area contributed by atoms with E-state index in [1.807, 2.05) is 25.2 Å². The highest BCUT2D eigenvalue weighted by molar-refractivity contribution is 9.11. The van der Waals surface area contributed by atoms with Crippen LogP contribution in [0.1, 0.15) is 49.0 Å². The van der Waals surface area contributed by atoms with E-state index in [-0.39, 0.29) is 18.3 Å². The number of aliphatic hydroxyl groups is 3. The first-order chi connectivity index (χ1) is 13.8. The van der Waals surface area contributed by atoms with E-state index in [4.69, 9.17) is 5.11 Å². The molecule has 0 radical (unpaired) electrons. The van der Waals surface area contributed by atoms with Crippen molar-refractivity contribution in [2.24, 2.45) is 11.8 Å². The van der Waals surface area contributed by atoms with E-state index < -0.39 is 24.3 Å². The molecule has 0 spiro atoms. The first-order valence-electron chi connectivity index (χ1n) is 10.1. The maximum absolute atomic E-state index is 10.5. The summed E-state index contributed by atoms with van der Waals surface area (Å²) in [6.07, 6.45) is 9.52. The van der Waals surface area contributed by atoms with Gasteiger partial charge in [0.2, 0.25) is 0 Å². The Labute approximate surface area is 184 Å². The number of carboxylic acids is 1. The number of aryl methyl sites for hydroxylation is 2. The Hall–Kier alpha value is -0.990. The van der Waals surface area contributed by atoms with Crippen molar-refractivity contribution in [3.63, 3.8) is 0 Å². The zero-order chi connectivity index (χ0) is 21.4. The Morgan fingerprint density at radius 2 is 2.10 bits per heavy atom. The van der Waals surface area contributed by atoms with Crippen LogP contribution in [0.2, 0.25) is 0 Å². The maximum Gasteiger partial charge on any atom is 0.303 e. The number of carbonyl (C=O) groups is 1. The third kappa shape index (κ3) is 7.98. The third-order valence-electron chi connectivity index (χ3n) is 5.40. The standard InChI is InChI=1S/C22H31BrO5S/c1-14-12-16(29-22(14)23)10-8-15(24)9-11-18-17(19(25)13-20(18)26)6-4-2-3-5-7-21(27)28/h2,4,9,11-12,15,17-20,24-26H,3,5-8,10,13H2,1H3,(H,27,28)/t15?,17-,18?,19?,20?/m1/s1. The number of halogens is 1. The van der Waals surface area contributed by atoms with Crippen molar-refractivity contribution in [3.8, 4) is 0 Å². The van der Waals surface area contributed by atoms with Gasteiger partial charge in [0.25, 0.3) is 0 Å². The maximum atomic E-state index is 10.5. The average molecular weight is 487 g/mol. The number of carboxylic acid groups (broad SMARTS) is 1. The first kappa shape index (κ1) is 24.3. The van der Waals surface area contributed by atoms with Gasteiger partial charge in [-0.25, -0.2) is 0 Å². The molecule has 2 rings (SSSR count). The Morgan fingerprint density at radius 1 is 1.34 bits per heavy atom. The molecule has 1 aliphatic carbocycles. The van der Waals surface area contributed by atoms with Gasteiger partial charge in [-0.1, -0.05) is 24.3 Å². The normalized spacial score (nSPS) is 26.0. The van der Waals surface area contributed by atoms with Crippen molar-refractivity contribution in [2.45, 2.75) is 70.2 Å². The molecule has 4 N–H and O–H groups in total. The molecular weight excluding hydrogens is 456 g/mol. The van der Waals surface area contributed by atoms with Crippen molar-refractivity contribution in [2.75, 3.05) is 0 Å². The highest BCUT2D eigenvalue weighted by Gasteiger charge is 2.39. The van der Waals surface area contributed by atoms with Crippen LogP contribution in [0, 0.1) is 18.8 Å². The number of hydrogen-bond donors (Lipinski definition) is 4. The number of unbranched alkanes of at least 4 members (excludes halogenated alkanes) is 1. The lowest BCUT2D eigenvalue weighted by Gasteiger charge is -2.19. The molecule has 1 heterocycles. The summed E-state index contributed by atoms with van der Waals surface area (Å²) in [5, 5.41) is 39.5. The van der Waals surface area contributed by atoms with Crippen LogP contribution in [0.15, 0.2) is 34.2 Å². The fourth-order valence-corrected chi connectivity index (χ4v) is 5.38. The predicted octanol–water partition coefficient (Wildman–Crippen LogP) is 4.23. The van der Waals surface area contributed by atoms with Crippen LogP contribution in [-0.4, -0.2) is 44.7 Å². The van der Waals surface area contributed by atoms with Gasteiger partial charge in [0.15, 0.2) is 0 Å². The predicted molar refractivity (Wildman–Crippen MR) is 119 cm³/mol. The lowest BCUT2D eigenvalue weighted by atomic mass is 9.89. The van der Waals surface area contributed by atoms with Gasteiger partial charge >= 0.3 is 5.97 Å². The van der Waals surface area contributed by atoms with Gasteiger partial charge < -0.3 is 20.4 Å². The summed E-state index contributed by atoms with van der Waals surface area (Å²) in [7, 11) is 0. The van der Waals surface area contributed by atoms with Crippen molar-refractivity contribution < 1.29 is 25.2 Å². The van der Waals surface area contributed by atoms with Crippen LogP contribution in [-0.2, 0) is 11.2 Å². The van der Waals surface area contributed by atoms with Gasteiger partial charge in [0, 0.05) is 23.6 Å². The topological polar surface area (TPSA) is 98.0 Å². The molecule has 5 nitrogen and oxygen atoms in total. The summed E-state index contributed by atoms with van der Waals surface area (Å²) in [6, 6.07) is 2.13. The van der Waals surface area contributed by atoms with Crippen LogP contribution in [0.25, 0.3) is 0 Å². The second-order valence-corrected chi connectivity index (χ2v) is 10.2. The van der Waals surface area contributed by atoms with E-state index in [1.54, 1.807) is 17.4 Å². The van der Waals surface area contributed by atoms with Crippen molar-refractivity contribution in [1.29, 1.82) is 0 Å². The number of hydrogen-bond acceptors (Lipinski definition) is 5. The Bertz CT molecular complexity index is 695. The summed E-state index contributed by atoms with van der Waals surface area (Å²) < 4.78 is 1.12. The van der Waals surface area contributed by atoms with Crippen LogP contribution in [0.3, 0.4) is 0 Å². The van der Waals surface area contributed by atoms with E-state index in [9.17, 15) is 20.1 Å². The minimum Gasteiger partial charge on any atom is -0.481 e. The van der Waals surface area contributed by atoms with Gasteiger partial charge in [0.05, 0.1) is 22.1 Å². The van der Waals surface area contributed by atoms with Gasteiger partial charge in [-0.05, 0) is 72.5 Å². The summed E-state index contributed by atoms with van der Waals surface area (Å²) >= 11 is 5.20. The zero-order valence-corrected chi connectivity index (χ0v) is 19.1. The molecule has 1 fully saturated rings. The van der Waals surface area contributed by atoms with Crippen molar-refractivity contribution in [1.82, 2.24) is 0 Å². The summed E-state index contributed by atoms with van der Waals surface area (Å²) in [5.41, 5.74) is 1.21. The molecule has 1 aromatic heterocycles. The van der Waals surface area contributed by atoms with Crippen LogP contribution < -0.4 is 0 Å². The average Bonchev–Trinajstić information content (AvgIpc) is 3.11. The minimum atomic E-state index is -0.793. The molecule has 29 heavy (non-hydrogen) atoms. The minimum absolute atomic E-state index is 0.0972. The molecule has 4 unspecified atom stereocenters. The molecule has 1 aliphatic rings. The molecule has 7 heteroatoms. The summed E-state index contributed by atoms with van der Waals surface area (Å²) in [5.74, 6) is -1.08. The second kappa shape index (κ2) is 12.0. The lowest BCUT2D eigenvalue weighted by Crippen LogP contribution is -2.20. The number of allylic oxidation sites excluding steroid dienone is 2. The number of aliphatic carboxylic acids is 1. The SMILES string of the molecule is Cc1cc(CCC(O)C=CC2C(O)CC(O)[C@@H]2CC=CCCCC(=O)O)sc1Br. The highest BCUT2D eigenvalue weighted by atomic mass is 79.9. The van der Waals surface area contributed by atoms with Gasteiger partial charge in [-0.15, -0.1) is 11.3 Å². The zero-order valence-electron chi connectivity index (χ0n) is 16.7. The van der Waals surface area contributed by atoms with Crippen LogP contribution in [0.5, 0.6) is 0 Å². The fraction of sp³-hybridized carbons (Fsp3) is 0.591. The fourth-order valence-electron chi connectivity index (χ4n) is 3.74. The second-order valence-electron chi connectivity index (χ2n) is 7.77. The number of aliphatic hydroxyl groups excluding tert-OH is 3. The number of rotatable bonds is 11. The smallest absolute Gasteiger partial charge is 0.303 e. The highest BCUT2D eigenvalue weighted by Crippen LogP contribution is 2.36. The van der Waals surface area contributed by atoms with Gasteiger partial charge in [-0.3, -0.25) is 4.79 Å². The third-order valence-corrected chi connectivity index (χ3v) is 7.60. The van der Waals surface area contributed by atoms with E-state index in [0.29, 0.717) is 32.1 Å². The quantitative estimate of drug-likeness (QED) is 0.277. The Kier molecular flexibility index (Phi) is 10.1. The Balaban J connectivity index is 1.83. The molecule has 0 aliphatic heterocycles. The van der Waals surface area contributed by atoms with E-state index in [1.165, 1.54) is 10.4 Å². The van der Waals surface area contributed by atoms with Crippen molar-refractivity contribution in [3.05, 3.63) is 44.6 Å². The van der Waals surface area contributed by atoms with E-state index in [0.717, 1.165) is 10.2 Å². The van der Waals surface area contributed by atoms with Gasteiger partial charge in [0.1, 0.15) is 0 Å². The van der Waals surface area contributed by atoms with Gasteiger partial charge in [-0.2, -0.15) is 0 Å².